The predicted octanol–water partition coefficient (Wildman–Crippen LogP) is 4.90. The highest BCUT2D eigenvalue weighted by atomic mass is 35.5. The van der Waals surface area contributed by atoms with Gasteiger partial charge >= 0.3 is 0 Å². The van der Waals surface area contributed by atoms with Gasteiger partial charge in [-0.15, -0.1) is 0 Å². The summed E-state index contributed by atoms with van der Waals surface area (Å²) in [4.78, 5) is 17.5. The van der Waals surface area contributed by atoms with E-state index in [4.69, 9.17) is 23.2 Å². The number of hydrogen-bond acceptors (Lipinski definition) is 2. The van der Waals surface area contributed by atoms with Crippen molar-refractivity contribution in [1.29, 1.82) is 0 Å². The standard InChI is InChI=1S/C22H23Cl2FN2O/c23-18-7-6-15(12-19(18)24)13-22(28)27-11-8-16-17(4-3-5-20(16)25)21(27)14-26-9-1-2-10-26/h3-7,12,21H,1-2,8-11,13-14H2/t21-/m1/s1. The summed E-state index contributed by atoms with van der Waals surface area (Å²) in [5.74, 6) is -0.127. The van der Waals surface area contributed by atoms with Crippen LogP contribution in [0, 0.1) is 5.82 Å². The molecule has 0 saturated carbocycles. The second kappa shape index (κ2) is 8.40. The summed E-state index contributed by atoms with van der Waals surface area (Å²) in [6, 6.07) is 10.4. The lowest BCUT2D eigenvalue weighted by atomic mass is 9.91. The van der Waals surface area contributed by atoms with E-state index in [9.17, 15) is 9.18 Å². The van der Waals surface area contributed by atoms with Gasteiger partial charge in [0.25, 0.3) is 0 Å². The molecule has 1 fully saturated rings. The lowest BCUT2D eigenvalue weighted by Gasteiger charge is -2.39. The summed E-state index contributed by atoms with van der Waals surface area (Å²) in [6.07, 6.45) is 3.17. The Balaban J connectivity index is 1.60. The molecule has 1 amide bonds. The van der Waals surface area contributed by atoms with Gasteiger partial charge in [0.1, 0.15) is 5.82 Å². The Morgan fingerprint density at radius 3 is 2.61 bits per heavy atom. The molecule has 2 aromatic carbocycles. The summed E-state index contributed by atoms with van der Waals surface area (Å²) < 4.78 is 14.4. The van der Waals surface area contributed by atoms with Crippen molar-refractivity contribution < 1.29 is 9.18 Å². The van der Waals surface area contributed by atoms with Gasteiger partial charge in [-0.25, -0.2) is 4.39 Å². The quantitative estimate of drug-likeness (QED) is 0.702. The molecule has 2 aromatic rings. The maximum Gasteiger partial charge on any atom is 0.227 e. The van der Waals surface area contributed by atoms with Gasteiger partial charge in [0, 0.05) is 13.1 Å². The predicted molar refractivity (Wildman–Crippen MR) is 110 cm³/mol. The first kappa shape index (κ1) is 19.7. The van der Waals surface area contributed by atoms with Crippen LogP contribution in [0.15, 0.2) is 36.4 Å². The fourth-order valence-corrected chi connectivity index (χ4v) is 4.66. The van der Waals surface area contributed by atoms with Gasteiger partial charge in [-0.05, 0) is 67.2 Å². The van der Waals surface area contributed by atoms with Crippen LogP contribution in [0.2, 0.25) is 10.0 Å². The molecule has 4 rings (SSSR count). The van der Waals surface area contributed by atoms with Crippen LogP contribution in [0.25, 0.3) is 0 Å². The van der Waals surface area contributed by atoms with Gasteiger partial charge < -0.3 is 9.80 Å². The van der Waals surface area contributed by atoms with Crippen molar-refractivity contribution >= 4 is 29.1 Å². The van der Waals surface area contributed by atoms with Gasteiger partial charge in [0.2, 0.25) is 5.91 Å². The van der Waals surface area contributed by atoms with Crippen molar-refractivity contribution in [3.63, 3.8) is 0 Å². The van der Waals surface area contributed by atoms with E-state index < -0.39 is 0 Å². The highest BCUT2D eigenvalue weighted by Gasteiger charge is 2.33. The second-order valence-corrected chi connectivity index (χ2v) is 8.41. The van der Waals surface area contributed by atoms with Crippen molar-refractivity contribution in [1.82, 2.24) is 9.80 Å². The lowest BCUT2D eigenvalue weighted by Crippen LogP contribution is -2.45. The largest absolute Gasteiger partial charge is 0.334 e. The van der Waals surface area contributed by atoms with Gasteiger partial charge in [0.15, 0.2) is 0 Å². The molecule has 0 aliphatic carbocycles. The third-order valence-electron chi connectivity index (χ3n) is 5.78. The average Bonchev–Trinajstić information content (AvgIpc) is 3.18. The summed E-state index contributed by atoms with van der Waals surface area (Å²) in [5.41, 5.74) is 2.54. The first-order chi connectivity index (χ1) is 13.5. The lowest BCUT2D eigenvalue weighted by molar-refractivity contribution is -0.133. The SMILES string of the molecule is O=C(Cc1ccc(Cl)c(Cl)c1)N1CCc2c(F)cccc2[C@H]1CN1CCCC1. The minimum atomic E-state index is -0.166. The molecular formula is C22H23Cl2FN2O. The fourth-order valence-electron chi connectivity index (χ4n) is 4.34. The smallest absolute Gasteiger partial charge is 0.227 e. The molecule has 0 aromatic heterocycles. The summed E-state index contributed by atoms with van der Waals surface area (Å²) in [7, 11) is 0. The van der Waals surface area contributed by atoms with Crippen LogP contribution in [-0.2, 0) is 17.6 Å². The Morgan fingerprint density at radius 1 is 1.07 bits per heavy atom. The Hall–Kier alpha value is -1.62. The van der Waals surface area contributed by atoms with Crippen molar-refractivity contribution in [3.05, 3.63) is 69.0 Å². The van der Waals surface area contributed by atoms with E-state index in [0.717, 1.165) is 36.3 Å². The maximum atomic E-state index is 14.4. The molecule has 0 bridgehead atoms. The highest BCUT2D eigenvalue weighted by Crippen LogP contribution is 2.33. The molecule has 3 nitrogen and oxygen atoms in total. The van der Waals surface area contributed by atoms with Gasteiger partial charge in [-0.1, -0.05) is 41.4 Å². The number of likely N-dealkylation sites (tertiary alicyclic amines) is 1. The topological polar surface area (TPSA) is 23.6 Å². The number of hydrogen-bond donors (Lipinski definition) is 0. The summed E-state index contributed by atoms with van der Waals surface area (Å²) in [5, 5.41) is 0.929. The van der Waals surface area contributed by atoms with Crippen LogP contribution >= 0.6 is 23.2 Å². The Labute approximate surface area is 175 Å². The number of carbonyl (C=O) groups excluding carboxylic acids is 1. The van der Waals surface area contributed by atoms with E-state index in [1.807, 2.05) is 17.0 Å². The summed E-state index contributed by atoms with van der Waals surface area (Å²) in [6.45, 7) is 3.36. The van der Waals surface area contributed by atoms with E-state index in [1.54, 1.807) is 18.2 Å². The van der Waals surface area contributed by atoms with Crippen LogP contribution in [0.1, 0.15) is 35.6 Å². The molecule has 0 radical (unpaired) electrons. The maximum absolute atomic E-state index is 14.4. The van der Waals surface area contributed by atoms with Crippen molar-refractivity contribution in [3.8, 4) is 0 Å². The number of benzene rings is 2. The molecule has 6 heteroatoms. The van der Waals surface area contributed by atoms with E-state index >= 15 is 0 Å². The van der Waals surface area contributed by atoms with Gasteiger partial charge in [-0.2, -0.15) is 0 Å². The molecular weight excluding hydrogens is 398 g/mol. The Bertz CT molecular complexity index is 883. The number of halogens is 3. The number of rotatable bonds is 4. The second-order valence-electron chi connectivity index (χ2n) is 7.59. The average molecular weight is 421 g/mol. The third-order valence-corrected chi connectivity index (χ3v) is 6.52. The fraction of sp³-hybridized carbons (Fsp3) is 0.409. The molecule has 28 heavy (non-hydrogen) atoms. The van der Waals surface area contributed by atoms with Crippen molar-refractivity contribution in [2.24, 2.45) is 0 Å². The van der Waals surface area contributed by atoms with Crippen LogP contribution < -0.4 is 0 Å². The Kier molecular flexibility index (Phi) is 5.91. The van der Waals surface area contributed by atoms with Crippen LogP contribution in [0.3, 0.4) is 0 Å². The minimum Gasteiger partial charge on any atom is -0.334 e. The molecule has 1 saturated heterocycles. The molecule has 2 aliphatic rings. The zero-order chi connectivity index (χ0) is 19.7. The third kappa shape index (κ3) is 4.05. The molecule has 148 valence electrons. The Morgan fingerprint density at radius 2 is 1.86 bits per heavy atom. The van der Waals surface area contributed by atoms with E-state index in [-0.39, 0.29) is 24.2 Å². The van der Waals surface area contributed by atoms with E-state index in [0.29, 0.717) is 23.0 Å². The van der Waals surface area contributed by atoms with Crippen LogP contribution in [0.4, 0.5) is 4.39 Å². The molecule has 2 heterocycles. The number of amides is 1. The normalized spacial score (nSPS) is 19.7. The molecule has 0 spiro atoms. The highest BCUT2D eigenvalue weighted by molar-refractivity contribution is 6.42. The number of fused-ring (bicyclic) bond motifs is 1. The van der Waals surface area contributed by atoms with Gasteiger partial charge in [0.05, 0.1) is 22.5 Å². The molecule has 1 atom stereocenters. The van der Waals surface area contributed by atoms with Crippen LogP contribution in [-0.4, -0.2) is 41.9 Å². The van der Waals surface area contributed by atoms with Crippen molar-refractivity contribution in [2.75, 3.05) is 26.2 Å². The van der Waals surface area contributed by atoms with E-state index in [1.165, 1.54) is 18.9 Å². The van der Waals surface area contributed by atoms with Gasteiger partial charge in [-0.3, -0.25) is 4.79 Å². The van der Waals surface area contributed by atoms with E-state index in [2.05, 4.69) is 4.90 Å². The van der Waals surface area contributed by atoms with Crippen LogP contribution in [0.5, 0.6) is 0 Å². The minimum absolute atomic E-state index is 0.0393. The number of carbonyl (C=O) groups is 1. The zero-order valence-electron chi connectivity index (χ0n) is 15.6. The monoisotopic (exact) mass is 420 g/mol. The summed E-state index contributed by atoms with van der Waals surface area (Å²) >= 11 is 12.1. The first-order valence-electron chi connectivity index (χ1n) is 9.76. The zero-order valence-corrected chi connectivity index (χ0v) is 17.1. The molecule has 0 N–H and O–H groups in total. The number of nitrogens with zero attached hydrogens (tertiary/aromatic N) is 2. The van der Waals surface area contributed by atoms with Crippen molar-refractivity contribution in [2.45, 2.75) is 31.7 Å². The molecule has 0 unspecified atom stereocenters. The first-order valence-corrected chi connectivity index (χ1v) is 10.5. The molecule has 2 aliphatic heterocycles.